The van der Waals surface area contributed by atoms with Gasteiger partial charge in [-0.1, -0.05) is 0 Å². The molecule has 1 aliphatic rings. The molecular weight excluding hydrogens is 467 g/mol. The Balaban J connectivity index is 0.00000392. The molecule has 0 fully saturated rings. The molecule has 0 saturated heterocycles. The number of halogens is 1. The number of aliphatic imine (C=N–C) groups is 1. The molecule has 0 spiro atoms. The molecule has 1 atom stereocenters. The summed E-state index contributed by atoms with van der Waals surface area (Å²) in [5.74, 6) is 2.68. The van der Waals surface area contributed by atoms with Crippen molar-refractivity contribution in [2.24, 2.45) is 4.99 Å². The Labute approximate surface area is 187 Å². The lowest BCUT2D eigenvalue weighted by Crippen LogP contribution is -2.44. The minimum Gasteiger partial charge on any atom is -0.494 e. The van der Waals surface area contributed by atoms with E-state index in [1.807, 2.05) is 6.92 Å². The molecule has 2 rings (SSSR count). The Bertz CT molecular complexity index is 644. The van der Waals surface area contributed by atoms with E-state index < -0.39 is 0 Å². The SMILES string of the molecule is CCNC(=NCc1cc2c(cc1OCC)CC(C)O2)NCCNC(C)(C)C.I. The molecule has 0 aromatic heterocycles. The predicted molar refractivity (Wildman–Crippen MR) is 127 cm³/mol. The zero-order chi connectivity index (χ0) is 19.9. The number of fused-ring (bicyclic) bond motifs is 1. The van der Waals surface area contributed by atoms with Crippen molar-refractivity contribution in [1.29, 1.82) is 0 Å². The van der Waals surface area contributed by atoms with Gasteiger partial charge in [0.1, 0.15) is 17.6 Å². The van der Waals surface area contributed by atoms with Crippen LogP contribution in [0, 0.1) is 0 Å². The van der Waals surface area contributed by atoms with Crippen molar-refractivity contribution in [2.75, 3.05) is 26.2 Å². The minimum absolute atomic E-state index is 0. The molecule has 3 N–H and O–H groups in total. The zero-order valence-electron chi connectivity index (χ0n) is 18.1. The van der Waals surface area contributed by atoms with Crippen LogP contribution >= 0.6 is 24.0 Å². The van der Waals surface area contributed by atoms with E-state index in [9.17, 15) is 0 Å². The van der Waals surface area contributed by atoms with E-state index in [0.29, 0.717) is 13.2 Å². The van der Waals surface area contributed by atoms with Gasteiger partial charge < -0.3 is 25.4 Å². The molecule has 0 radical (unpaired) electrons. The molecule has 28 heavy (non-hydrogen) atoms. The van der Waals surface area contributed by atoms with Crippen LogP contribution in [0.5, 0.6) is 11.5 Å². The van der Waals surface area contributed by atoms with Crippen molar-refractivity contribution < 1.29 is 9.47 Å². The van der Waals surface area contributed by atoms with Gasteiger partial charge in [-0.15, -0.1) is 24.0 Å². The second-order valence-corrected chi connectivity index (χ2v) is 7.93. The number of ether oxygens (including phenoxy) is 2. The van der Waals surface area contributed by atoms with E-state index >= 15 is 0 Å². The van der Waals surface area contributed by atoms with Crippen LogP contribution in [0.1, 0.15) is 52.7 Å². The summed E-state index contributed by atoms with van der Waals surface area (Å²) in [5.41, 5.74) is 2.39. The Morgan fingerprint density at radius 1 is 1.21 bits per heavy atom. The fourth-order valence-electron chi connectivity index (χ4n) is 3.02. The average Bonchev–Trinajstić information content (AvgIpc) is 2.94. The summed E-state index contributed by atoms with van der Waals surface area (Å²) in [7, 11) is 0. The number of hydrogen-bond acceptors (Lipinski definition) is 4. The lowest BCUT2D eigenvalue weighted by atomic mass is 10.1. The first-order valence-electron chi connectivity index (χ1n) is 10.0. The lowest BCUT2D eigenvalue weighted by molar-refractivity contribution is 0.254. The van der Waals surface area contributed by atoms with E-state index in [-0.39, 0.29) is 35.6 Å². The van der Waals surface area contributed by atoms with Crippen LogP contribution in [0.3, 0.4) is 0 Å². The topological polar surface area (TPSA) is 66.9 Å². The van der Waals surface area contributed by atoms with Crippen molar-refractivity contribution in [1.82, 2.24) is 16.0 Å². The van der Waals surface area contributed by atoms with Crippen LogP contribution in [-0.4, -0.2) is 43.8 Å². The number of nitrogens with zero attached hydrogens (tertiary/aromatic N) is 1. The molecule has 6 nitrogen and oxygen atoms in total. The summed E-state index contributed by atoms with van der Waals surface area (Å²) in [5, 5.41) is 10.1. The Kier molecular flexibility index (Phi) is 10.4. The van der Waals surface area contributed by atoms with E-state index in [2.05, 4.69) is 62.7 Å². The molecule has 1 aromatic carbocycles. The Morgan fingerprint density at radius 3 is 2.61 bits per heavy atom. The summed E-state index contributed by atoms with van der Waals surface area (Å²) >= 11 is 0. The van der Waals surface area contributed by atoms with Crippen molar-refractivity contribution in [3.05, 3.63) is 23.3 Å². The molecule has 1 aliphatic heterocycles. The standard InChI is InChI=1S/C21H36N4O2.HI/c1-7-22-20(23-9-10-25-21(4,5)6)24-14-17-13-19-16(11-15(3)27-19)12-18(17)26-8-2;/h12-13,15,25H,7-11,14H2,1-6H3,(H2,22,23,24);1H. The van der Waals surface area contributed by atoms with Crippen LogP contribution < -0.4 is 25.4 Å². The van der Waals surface area contributed by atoms with Crippen LogP contribution in [0.25, 0.3) is 0 Å². The molecule has 0 saturated carbocycles. The third-order valence-corrected chi connectivity index (χ3v) is 4.20. The molecule has 1 unspecified atom stereocenters. The van der Waals surface area contributed by atoms with Gasteiger partial charge in [-0.25, -0.2) is 4.99 Å². The zero-order valence-corrected chi connectivity index (χ0v) is 20.5. The minimum atomic E-state index is 0. The first kappa shape index (κ1) is 24.8. The summed E-state index contributed by atoms with van der Waals surface area (Å²) in [6, 6.07) is 4.19. The second kappa shape index (κ2) is 11.7. The molecule has 0 bridgehead atoms. The largest absolute Gasteiger partial charge is 0.494 e. The fraction of sp³-hybridized carbons (Fsp3) is 0.667. The normalized spacial score (nSPS) is 16.1. The first-order chi connectivity index (χ1) is 12.8. The molecule has 1 heterocycles. The van der Waals surface area contributed by atoms with E-state index in [1.54, 1.807) is 0 Å². The van der Waals surface area contributed by atoms with E-state index in [4.69, 9.17) is 14.5 Å². The van der Waals surface area contributed by atoms with Gasteiger partial charge in [0.15, 0.2) is 5.96 Å². The van der Waals surface area contributed by atoms with Crippen LogP contribution in [0.4, 0.5) is 0 Å². The number of guanidine groups is 1. The van der Waals surface area contributed by atoms with Gasteiger partial charge in [-0.3, -0.25) is 0 Å². The van der Waals surface area contributed by atoms with Gasteiger partial charge in [0, 0.05) is 42.7 Å². The highest BCUT2D eigenvalue weighted by Gasteiger charge is 2.21. The highest BCUT2D eigenvalue weighted by Crippen LogP contribution is 2.35. The van der Waals surface area contributed by atoms with Crippen molar-refractivity contribution in [2.45, 2.75) is 66.2 Å². The van der Waals surface area contributed by atoms with Gasteiger partial charge in [0.2, 0.25) is 0 Å². The summed E-state index contributed by atoms with van der Waals surface area (Å²) < 4.78 is 11.8. The maximum absolute atomic E-state index is 5.90. The maximum Gasteiger partial charge on any atom is 0.191 e. The first-order valence-corrected chi connectivity index (χ1v) is 10.0. The summed E-state index contributed by atoms with van der Waals surface area (Å²) in [6.45, 7) is 16.4. The number of benzene rings is 1. The molecule has 0 amide bonds. The van der Waals surface area contributed by atoms with Crippen molar-refractivity contribution in [3.8, 4) is 11.5 Å². The average molecular weight is 504 g/mol. The summed E-state index contributed by atoms with van der Waals surface area (Å²) in [4.78, 5) is 4.74. The Morgan fingerprint density at radius 2 is 1.96 bits per heavy atom. The lowest BCUT2D eigenvalue weighted by Gasteiger charge is -2.21. The maximum atomic E-state index is 5.90. The van der Waals surface area contributed by atoms with Crippen LogP contribution in [-0.2, 0) is 13.0 Å². The predicted octanol–water partition coefficient (Wildman–Crippen LogP) is 3.47. The molecular formula is C21H37IN4O2. The summed E-state index contributed by atoms with van der Waals surface area (Å²) in [6.07, 6.45) is 1.16. The van der Waals surface area contributed by atoms with E-state index in [1.165, 1.54) is 5.56 Å². The van der Waals surface area contributed by atoms with Gasteiger partial charge in [-0.2, -0.15) is 0 Å². The number of rotatable bonds is 8. The van der Waals surface area contributed by atoms with Crippen LogP contribution in [0.15, 0.2) is 17.1 Å². The third-order valence-electron chi connectivity index (χ3n) is 4.20. The van der Waals surface area contributed by atoms with Crippen molar-refractivity contribution >= 4 is 29.9 Å². The van der Waals surface area contributed by atoms with Gasteiger partial charge in [0.25, 0.3) is 0 Å². The smallest absolute Gasteiger partial charge is 0.191 e. The quantitative estimate of drug-likeness (QED) is 0.219. The highest BCUT2D eigenvalue weighted by molar-refractivity contribution is 14.0. The number of nitrogens with one attached hydrogen (secondary N) is 3. The monoisotopic (exact) mass is 504 g/mol. The fourth-order valence-corrected chi connectivity index (χ4v) is 3.02. The van der Waals surface area contributed by atoms with Crippen molar-refractivity contribution in [3.63, 3.8) is 0 Å². The van der Waals surface area contributed by atoms with Gasteiger partial charge in [0.05, 0.1) is 13.2 Å². The van der Waals surface area contributed by atoms with E-state index in [0.717, 1.165) is 49.1 Å². The number of hydrogen-bond donors (Lipinski definition) is 3. The van der Waals surface area contributed by atoms with Gasteiger partial charge >= 0.3 is 0 Å². The molecule has 160 valence electrons. The van der Waals surface area contributed by atoms with Gasteiger partial charge in [-0.05, 0) is 53.7 Å². The molecule has 1 aromatic rings. The van der Waals surface area contributed by atoms with Crippen LogP contribution in [0.2, 0.25) is 0 Å². The second-order valence-electron chi connectivity index (χ2n) is 7.93. The Hall–Kier alpha value is -1.22. The third kappa shape index (κ3) is 8.03. The molecule has 0 aliphatic carbocycles. The molecule has 7 heteroatoms. The highest BCUT2D eigenvalue weighted by atomic mass is 127.